The molecule has 4 aromatic rings. The first-order valence-electron chi connectivity index (χ1n) is 16.4. The monoisotopic (exact) mass is 622 g/mol. The van der Waals surface area contributed by atoms with Crippen LogP contribution in [0.25, 0.3) is 32.9 Å². The molecule has 0 bridgehead atoms. The molecule has 2 aromatic heterocycles. The van der Waals surface area contributed by atoms with E-state index in [0.717, 1.165) is 83.0 Å². The lowest BCUT2D eigenvalue weighted by Crippen LogP contribution is -2.44. The minimum absolute atomic E-state index is 0.748. The lowest BCUT2D eigenvalue weighted by Gasteiger charge is -2.32. The van der Waals surface area contributed by atoms with Crippen LogP contribution in [-0.2, 0) is 0 Å². The molecule has 9 heteroatoms. The van der Waals surface area contributed by atoms with Gasteiger partial charge < -0.3 is 19.6 Å². The van der Waals surface area contributed by atoms with Crippen molar-refractivity contribution in [1.82, 2.24) is 29.6 Å². The maximum absolute atomic E-state index is 5.06. The Bertz CT molecular complexity index is 1550. The van der Waals surface area contributed by atoms with E-state index in [1.54, 1.807) is 11.3 Å². The third kappa shape index (κ3) is 8.89. The fraction of sp³-hybridized carbons (Fsp3) is 0.444. The van der Waals surface area contributed by atoms with Gasteiger partial charge in [0.05, 0.1) is 15.9 Å². The van der Waals surface area contributed by atoms with Crippen LogP contribution in [0, 0.1) is 0 Å². The SMILES string of the molecule is CN1CCN(CCCN=Cc2ccc(-c3nc(-c4ccc(C=NCCCN5CCN(C)CC5)cc4)c4sccc4n3)cc2)CC1. The second-order valence-electron chi connectivity index (χ2n) is 12.3. The fourth-order valence-corrected chi connectivity index (χ4v) is 6.73. The second-order valence-corrected chi connectivity index (χ2v) is 13.3. The number of thiophene rings is 1. The van der Waals surface area contributed by atoms with Crippen molar-refractivity contribution in [2.75, 3.05) is 92.6 Å². The Hall–Kier alpha value is -3.34. The van der Waals surface area contributed by atoms with E-state index in [-0.39, 0.29) is 0 Å². The predicted octanol–water partition coefficient (Wildman–Crippen LogP) is 5.14. The number of piperazine rings is 2. The van der Waals surface area contributed by atoms with Gasteiger partial charge in [0.15, 0.2) is 5.82 Å². The highest BCUT2D eigenvalue weighted by molar-refractivity contribution is 7.17. The zero-order valence-corrected chi connectivity index (χ0v) is 27.6. The number of likely N-dealkylation sites (N-methyl/N-ethyl adjacent to an activating group) is 2. The molecule has 0 atom stereocenters. The Morgan fingerprint density at radius 1 is 0.644 bits per heavy atom. The number of aliphatic imine (C=N–C) groups is 2. The number of nitrogens with zero attached hydrogens (tertiary/aromatic N) is 8. The maximum Gasteiger partial charge on any atom is 0.160 e. The van der Waals surface area contributed by atoms with E-state index >= 15 is 0 Å². The van der Waals surface area contributed by atoms with E-state index in [1.807, 2.05) is 12.4 Å². The molecule has 0 N–H and O–H groups in total. The van der Waals surface area contributed by atoms with Gasteiger partial charge in [-0.05, 0) is 62.6 Å². The van der Waals surface area contributed by atoms with E-state index in [9.17, 15) is 0 Å². The predicted molar refractivity (Wildman–Crippen MR) is 190 cm³/mol. The van der Waals surface area contributed by atoms with Crippen molar-refractivity contribution >= 4 is 34.0 Å². The van der Waals surface area contributed by atoms with Crippen molar-refractivity contribution in [3.63, 3.8) is 0 Å². The molecule has 0 unspecified atom stereocenters. The summed E-state index contributed by atoms with van der Waals surface area (Å²) in [7, 11) is 4.40. The molecule has 0 aliphatic carbocycles. The summed E-state index contributed by atoms with van der Waals surface area (Å²) in [6.07, 6.45) is 6.18. The third-order valence-electron chi connectivity index (χ3n) is 8.85. The van der Waals surface area contributed by atoms with Gasteiger partial charge in [-0.1, -0.05) is 48.5 Å². The quantitative estimate of drug-likeness (QED) is 0.161. The summed E-state index contributed by atoms with van der Waals surface area (Å²) < 4.78 is 1.12. The van der Waals surface area contributed by atoms with Gasteiger partial charge in [-0.2, -0.15) is 0 Å². The molecule has 45 heavy (non-hydrogen) atoms. The van der Waals surface area contributed by atoms with Crippen molar-refractivity contribution in [3.05, 3.63) is 71.1 Å². The number of benzene rings is 2. The molecule has 6 rings (SSSR count). The van der Waals surface area contributed by atoms with Gasteiger partial charge in [0.2, 0.25) is 0 Å². The number of hydrogen-bond donors (Lipinski definition) is 0. The lowest BCUT2D eigenvalue weighted by atomic mass is 10.1. The van der Waals surface area contributed by atoms with Crippen molar-refractivity contribution in [2.45, 2.75) is 12.8 Å². The molecule has 0 spiro atoms. The second kappa shape index (κ2) is 15.8. The zero-order chi connectivity index (χ0) is 30.8. The standard InChI is InChI=1S/C36H46N8S/c1-41-18-22-43(23-19-41)16-3-14-37-27-29-5-9-31(10-6-29)34-35-33(13-26-45-35)39-36(40-34)32-11-7-30(8-12-32)28-38-15-4-17-44-24-20-42(2)21-25-44/h5-13,26-28H,3-4,14-25H2,1-2H3. The lowest BCUT2D eigenvalue weighted by molar-refractivity contribution is 0.153. The summed E-state index contributed by atoms with van der Waals surface area (Å²) in [6.45, 7) is 13.3. The van der Waals surface area contributed by atoms with Gasteiger partial charge >= 0.3 is 0 Å². The Morgan fingerprint density at radius 2 is 1.16 bits per heavy atom. The molecule has 2 fully saturated rings. The first-order valence-corrected chi connectivity index (χ1v) is 17.3. The molecule has 8 nitrogen and oxygen atoms in total. The van der Waals surface area contributed by atoms with Gasteiger partial charge in [-0.3, -0.25) is 9.98 Å². The average molecular weight is 623 g/mol. The minimum atomic E-state index is 0.748. The van der Waals surface area contributed by atoms with Crippen LogP contribution in [0.4, 0.5) is 0 Å². The van der Waals surface area contributed by atoms with Gasteiger partial charge in [-0.15, -0.1) is 11.3 Å². The smallest absolute Gasteiger partial charge is 0.160 e. The Morgan fingerprint density at radius 3 is 1.69 bits per heavy atom. The topological polar surface area (TPSA) is 63.5 Å². The van der Waals surface area contributed by atoms with Gasteiger partial charge in [-0.25, -0.2) is 9.97 Å². The van der Waals surface area contributed by atoms with Crippen LogP contribution in [0.15, 0.2) is 70.0 Å². The number of aromatic nitrogens is 2. The van der Waals surface area contributed by atoms with Crippen LogP contribution in [-0.4, -0.2) is 135 Å². The van der Waals surface area contributed by atoms with E-state index in [2.05, 4.69) is 98.7 Å². The van der Waals surface area contributed by atoms with Crippen LogP contribution in [0.5, 0.6) is 0 Å². The zero-order valence-electron chi connectivity index (χ0n) is 26.8. The van der Waals surface area contributed by atoms with Crippen LogP contribution in [0.1, 0.15) is 24.0 Å². The van der Waals surface area contributed by atoms with Gasteiger partial charge in [0.25, 0.3) is 0 Å². The Labute approximate surface area is 272 Å². The van der Waals surface area contributed by atoms with E-state index in [1.165, 1.54) is 52.4 Å². The van der Waals surface area contributed by atoms with Gasteiger partial charge in [0, 0.05) is 89.0 Å². The molecule has 0 saturated carbocycles. The van der Waals surface area contributed by atoms with Crippen molar-refractivity contribution < 1.29 is 0 Å². The van der Waals surface area contributed by atoms with Crippen molar-refractivity contribution in [2.24, 2.45) is 9.98 Å². The Kier molecular flexibility index (Phi) is 11.1. The van der Waals surface area contributed by atoms with Crippen LogP contribution in [0.3, 0.4) is 0 Å². The summed E-state index contributed by atoms with van der Waals surface area (Å²) in [5, 5.41) is 2.10. The molecule has 4 heterocycles. The van der Waals surface area contributed by atoms with Crippen LogP contribution in [0.2, 0.25) is 0 Å². The average Bonchev–Trinajstić information content (AvgIpc) is 3.55. The van der Waals surface area contributed by atoms with Crippen molar-refractivity contribution in [1.29, 1.82) is 0 Å². The highest BCUT2D eigenvalue weighted by Crippen LogP contribution is 2.32. The molecule has 2 aromatic carbocycles. The summed E-state index contributed by atoms with van der Waals surface area (Å²) in [5.74, 6) is 0.748. The first kappa shape index (κ1) is 31.6. The summed E-state index contributed by atoms with van der Waals surface area (Å²) in [6, 6.07) is 19.1. The summed E-state index contributed by atoms with van der Waals surface area (Å²) >= 11 is 1.69. The van der Waals surface area contributed by atoms with E-state index in [4.69, 9.17) is 15.0 Å². The summed E-state index contributed by atoms with van der Waals surface area (Å²) in [5.41, 5.74) is 6.29. The number of fused-ring (bicyclic) bond motifs is 1. The van der Waals surface area contributed by atoms with Gasteiger partial charge in [0.1, 0.15) is 0 Å². The molecule has 2 saturated heterocycles. The first-order chi connectivity index (χ1) is 22.1. The maximum atomic E-state index is 5.06. The van der Waals surface area contributed by atoms with Crippen LogP contribution >= 0.6 is 11.3 Å². The molecule has 2 aliphatic rings. The van der Waals surface area contributed by atoms with Crippen LogP contribution < -0.4 is 0 Å². The third-order valence-corrected chi connectivity index (χ3v) is 9.76. The summed E-state index contributed by atoms with van der Waals surface area (Å²) in [4.78, 5) is 29.2. The molecule has 2 aliphatic heterocycles. The normalized spacial score (nSPS) is 17.7. The molecular weight excluding hydrogens is 577 g/mol. The Balaban J connectivity index is 1.04. The fourth-order valence-electron chi connectivity index (χ4n) is 5.89. The highest BCUT2D eigenvalue weighted by atomic mass is 32.1. The molecule has 0 amide bonds. The molecule has 0 radical (unpaired) electrons. The molecule has 236 valence electrons. The van der Waals surface area contributed by atoms with E-state index in [0.29, 0.717) is 0 Å². The van der Waals surface area contributed by atoms with Crippen molar-refractivity contribution in [3.8, 4) is 22.6 Å². The highest BCUT2D eigenvalue weighted by Gasteiger charge is 2.15. The minimum Gasteiger partial charge on any atom is -0.304 e. The number of rotatable bonds is 12. The molecular formula is C36H46N8S. The van der Waals surface area contributed by atoms with E-state index < -0.39 is 0 Å². The number of hydrogen-bond acceptors (Lipinski definition) is 9. The largest absolute Gasteiger partial charge is 0.304 e.